The molecule has 0 aromatic carbocycles. The molecule has 0 bridgehead atoms. The van der Waals surface area contributed by atoms with Crippen molar-refractivity contribution in [3.63, 3.8) is 0 Å². The lowest BCUT2D eigenvalue weighted by molar-refractivity contribution is 0.140. The van der Waals surface area contributed by atoms with Crippen LogP contribution in [0, 0.1) is 11.8 Å². The van der Waals surface area contributed by atoms with Gasteiger partial charge in [-0.25, -0.2) is 0 Å². The molecule has 0 radical (unpaired) electrons. The fraction of sp³-hybridized carbons (Fsp3) is 1.00. The third-order valence-corrected chi connectivity index (χ3v) is 3.14. The second kappa shape index (κ2) is 3.63. The maximum Gasteiger partial charge on any atom is 0.0568 e. The summed E-state index contributed by atoms with van der Waals surface area (Å²) >= 11 is 1.89. The summed E-state index contributed by atoms with van der Waals surface area (Å²) in [5.74, 6) is 2.54. The molecule has 1 aliphatic carbocycles. The van der Waals surface area contributed by atoms with Crippen molar-refractivity contribution in [2.24, 2.45) is 11.8 Å². The average Bonchev–Trinajstić information content (AvgIpc) is 2.14. The number of hydrogen-bond donors (Lipinski definition) is 1. The molecule has 0 amide bonds. The monoisotopic (exact) mass is 160 g/mol. The van der Waals surface area contributed by atoms with E-state index in [9.17, 15) is 5.11 Å². The van der Waals surface area contributed by atoms with E-state index in [1.165, 1.54) is 12.2 Å². The Kier molecular flexibility index (Phi) is 3.05. The molecular weight excluding hydrogens is 144 g/mol. The van der Waals surface area contributed by atoms with E-state index >= 15 is 0 Å². The Balaban J connectivity index is 2.27. The van der Waals surface area contributed by atoms with E-state index in [1.54, 1.807) is 0 Å². The van der Waals surface area contributed by atoms with Crippen LogP contribution in [-0.2, 0) is 0 Å². The minimum Gasteiger partial charge on any atom is -0.393 e. The third-order valence-electron chi connectivity index (χ3n) is 2.34. The van der Waals surface area contributed by atoms with Crippen LogP contribution in [0.4, 0.5) is 0 Å². The minimum atomic E-state index is -0.0165. The first-order valence-electron chi connectivity index (χ1n) is 3.91. The highest BCUT2D eigenvalue weighted by molar-refractivity contribution is 7.98. The largest absolute Gasteiger partial charge is 0.393 e. The third kappa shape index (κ3) is 1.89. The second-order valence-corrected chi connectivity index (χ2v) is 4.25. The van der Waals surface area contributed by atoms with Crippen molar-refractivity contribution < 1.29 is 5.11 Å². The average molecular weight is 160 g/mol. The molecule has 0 aliphatic heterocycles. The van der Waals surface area contributed by atoms with Crippen molar-refractivity contribution in [3.8, 4) is 0 Å². The van der Waals surface area contributed by atoms with Gasteiger partial charge in [0.05, 0.1) is 6.10 Å². The predicted octanol–water partition coefficient (Wildman–Crippen LogP) is 1.76. The highest BCUT2D eigenvalue weighted by Crippen LogP contribution is 2.32. The molecule has 1 aliphatic rings. The Morgan fingerprint density at radius 3 is 2.60 bits per heavy atom. The van der Waals surface area contributed by atoms with Gasteiger partial charge in [0, 0.05) is 0 Å². The van der Waals surface area contributed by atoms with E-state index in [-0.39, 0.29) is 6.10 Å². The zero-order valence-corrected chi connectivity index (χ0v) is 7.53. The molecule has 3 atom stereocenters. The van der Waals surface area contributed by atoms with Gasteiger partial charge in [-0.3, -0.25) is 0 Å². The fourth-order valence-electron chi connectivity index (χ4n) is 1.72. The molecule has 2 heteroatoms. The van der Waals surface area contributed by atoms with Gasteiger partial charge in [0.25, 0.3) is 0 Å². The number of aliphatic hydroxyl groups excluding tert-OH is 1. The second-order valence-electron chi connectivity index (χ2n) is 3.34. The Bertz CT molecular complexity index is 95.4. The molecule has 0 heterocycles. The van der Waals surface area contributed by atoms with E-state index < -0.39 is 0 Å². The van der Waals surface area contributed by atoms with Gasteiger partial charge in [-0.1, -0.05) is 6.92 Å². The molecule has 60 valence electrons. The van der Waals surface area contributed by atoms with Gasteiger partial charge in [0.2, 0.25) is 0 Å². The molecular formula is C8H16OS. The summed E-state index contributed by atoms with van der Waals surface area (Å²) in [5.41, 5.74) is 0. The topological polar surface area (TPSA) is 20.2 Å². The van der Waals surface area contributed by atoms with Crippen molar-refractivity contribution in [1.29, 1.82) is 0 Å². The quantitative estimate of drug-likeness (QED) is 0.664. The maximum atomic E-state index is 9.39. The first-order chi connectivity index (χ1) is 4.74. The van der Waals surface area contributed by atoms with E-state index in [4.69, 9.17) is 0 Å². The highest BCUT2D eigenvalue weighted by atomic mass is 32.2. The van der Waals surface area contributed by atoms with Crippen LogP contribution in [0.2, 0.25) is 0 Å². The molecule has 1 fully saturated rings. The SMILES string of the molecule is CSC[C@H]1C[C@@H](C)[C@H](O)C1. The van der Waals surface area contributed by atoms with Crippen molar-refractivity contribution in [3.05, 3.63) is 0 Å². The summed E-state index contributed by atoms with van der Waals surface area (Å²) in [4.78, 5) is 0. The Hall–Kier alpha value is 0.310. The zero-order valence-electron chi connectivity index (χ0n) is 6.71. The first kappa shape index (κ1) is 8.41. The fourth-order valence-corrected chi connectivity index (χ4v) is 2.47. The van der Waals surface area contributed by atoms with Crippen LogP contribution in [0.1, 0.15) is 19.8 Å². The van der Waals surface area contributed by atoms with Gasteiger partial charge >= 0.3 is 0 Å². The number of thioether (sulfide) groups is 1. The molecule has 1 saturated carbocycles. The van der Waals surface area contributed by atoms with Crippen LogP contribution in [0.25, 0.3) is 0 Å². The molecule has 10 heavy (non-hydrogen) atoms. The Labute approximate surface area is 67.2 Å². The van der Waals surface area contributed by atoms with Gasteiger partial charge < -0.3 is 5.11 Å². The minimum absolute atomic E-state index is 0.0165. The van der Waals surface area contributed by atoms with E-state index in [0.29, 0.717) is 5.92 Å². The summed E-state index contributed by atoms with van der Waals surface area (Å²) in [5, 5.41) is 9.39. The summed E-state index contributed by atoms with van der Waals surface area (Å²) in [7, 11) is 0. The molecule has 1 N–H and O–H groups in total. The summed E-state index contributed by atoms with van der Waals surface area (Å²) in [6.45, 7) is 2.14. The molecule has 0 unspecified atom stereocenters. The Morgan fingerprint density at radius 2 is 2.20 bits per heavy atom. The number of rotatable bonds is 2. The lowest BCUT2D eigenvalue weighted by Gasteiger charge is -2.04. The summed E-state index contributed by atoms with van der Waals surface area (Å²) in [6.07, 6.45) is 4.37. The van der Waals surface area contributed by atoms with Crippen LogP contribution in [-0.4, -0.2) is 23.2 Å². The predicted molar refractivity (Wildman–Crippen MR) is 46.3 cm³/mol. The lowest BCUT2D eigenvalue weighted by atomic mass is 10.1. The molecule has 0 saturated heterocycles. The zero-order chi connectivity index (χ0) is 7.56. The van der Waals surface area contributed by atoms with Gasteiger partial charge in [-0.05, 0) is 36.7 Å². The van der Waals surface area contributed by atoms with E-state index in [2.05, 4.69) is 13.2 Å². The highest BCUT2D eigenvalue weighted by Gasteiger charge is 2.28. The number of aliphatic hydroxyl groups is 1. The van der Waals surface area contributed by atoms with E-state index in [0.717, 1.165) is 12.3 Å². The Morgan fingerprint density at radius 1 is 1.50 bits per heavy atom. The van der Waals surface area contributed by atoms with Crippen LogP contribution in [0.5, 0.6) is 0 Å². The smallest absolute Gasteiger partial charge is 0.0568 e. The van der Waals surface area contributed by atoms with E-state index in [1.807, 2.05) is 11.8 Å². The van der Waals surface area contributed by atoms with Gasteiger partial charge in [-0.2, -0.15) is 11.8 Å². The van der Waals surface area contributed by atoms with Gasteiger partial charge in [-0.15, -0.1) is 0 Å². The van der Waals surface area contributed by atoms with Crippen LogP contribution in [0.3, 0.4) is 0 Å². The normalized spacial score (nSPS) is 40.5. The maximum absolute atomic E-state index is 9.39. The van der Waals surface area contributed by atoms with Crippen LogP contribution in [0.15, 0.2) is 0 Å². The molecule has 0 aromatic rings. The summed E-state index contributed by atoms with van der Waals surface area (Å²) < 4.78 is 0. The van der Waals surface area contributed by atoms with Gasteiger partial charge in [0.15, 0.2) is 0 Å². The standard InChI is InChI=1S/C8H16OS/c1-6-3-7(5-10-2)4-8(6)9/h6-9H,3-5H2,1-2H3/t6-,7+,8-/m1/s1. The van der Waals surface area contributed by atoms with Crippen molar-refractivity contribution >= 4 is 11.8 Å². The number of hydrogen-bond acceptors (Lipinski definition) is 2. The lowest BCUT2D eigenvalue weighted by Crippen LogP contribution is -2.08. The van der Waals surface area contributed by atoms with Crippen LogP contribution < -0.4 is 0 Å². The van der Waals surface area contributed by atoms with Crippen molar-refractivity contribution in [2.75, 3.05) is 12.0 Å². The molecule has 1 nitrogen and oxygen atoms in total. The molecule has 1 rings (SSSR count). The van der Waals surface area contributed by atoms with Crippen molar-refractivity contribution in [1.82, 2.24) is 0 Å². The molecule has 0 spiro atoms. The first-order valence-corrected chi connectivity index (χ1v) is 5.30. The van der Waals surface area contributed by atoms with Gasteiger partial charge in [0.1, 0.15) is 0 Å². The van der Waals surface area contributed by atoms with Crippen LogP contribution >= 0.6 is 11.8 Å². The molecule has 0 aromatic heterocycles. The summed E-state index contributed by atoms with van der Waals surface area (Å²) in [6, 6.07) is 0. The van der Waals surface area contributed by atoms with Crippen molar-refractivity contribution in [2.45, 2.75) is 25.9 Å².